The zero-order chi connectivity index (χ0) is 20.8. The highest BCUT2D eigenvalue weighted by Gasteiger charge is 2.28. The zero-order valence-electron chi connectivity index (χ0n) is 17.8. The van der Waals surface area contributed by atoms with Crippen molar-refractivity contribution in [3.05, 3.63) is 24.3 Å². The molecule has 29 heavy (non-hydrogen) atoms. The normalized spacial score (nSPS) is 25.3. The first-order chi connectivity index (χ1) is 14.0. The molecule has 1 saturated heterocycles. The molecule has 2 fully saturated rings. The van der Waals surface area contributed by atoms with Gasteiger partial charge in [-0.05, 0) is 30.4 Å². The van der Waals surface area contributed by atoms with E-state index >= 15 is 0 Å². The fourth-order valence-electron chi connectivity index (χ4n) is 4.40. The molecule has 2 aliphatic rings. The number of nitrogens with one attached hydrogen (secondary N) is 2. The Morgan fingerprint density at radius 2 is 1.83 bits per heavy atom. The number of imide groups is 1. The van der Waals surface area contributed by atoms with Crippen molar-refractivity contribution < 1.29 is 14.3 Å². The van der Waals surface area contributed by atoms with E-state index < -0.39 is 0 Å². The smallest absolute Gasteiger partial charge is 0.321 e. The Morgan fingerprint density at radius 1 is 1.10 bits per heavy atom. The Bertz CT molecular complexity index is 703. The topological polar surface area (TPSA) is 73.9 Å². The zero-order valence-corrected chi connectivity index (χ0v) is 17.8. The first-order valence-electron chi connectivity index (χ1n) is 10.7. The summed E-state index contributed by atoms with van der Waals surface area (Å²) < 4.78 is 5.45. The third-order valence-electron chi connectivity index (χ3n) is 6.44. The second-order valence-electron chi connectivity index (χ2n) is 8.33. The monoisotopic (exact) mass is 402 g/mol. The maximum atomic E-state index is 12.3. The highest BCUT2D eigenvalue weighted by Crippen LogP contribution is 2.29. The predicted octanol–water partition coefficient (Wildman–Crippen LogP) is 2.47. The highest BCUT2D eigenvalue weighted by atomic mass is 16.5. The minimum atomic E-state index is -0.367. The standard InChI is InChI=1S/C22H34N4O3/c1-16-7-6-8-18(17(16)2)23-22(28)24-21(27)15-25-11-13-26(14-12-25)19-9-4-5-10-20(19)29-3/h4-5,9-10,16-18H,6-8,11-15H2,1-3H3,(H2,23,24,27,28). The Balaban J connectivity index is 1.42. The molecule has 1 aliphatic heterocycles. The summed E-state index contributed by atoms with van der Waals surface area (Å²) in [5.41, 5.74) is 1.08. The van der Waals surface area contributed by atoms with Crippen molar-refractivity contribution >= 4 is 17.6 Å². The van der Waals surface area contributed by atoms with Crippen LogP contribution in [0.3, 0.4) is 0 Å². The molecule has 7 heteroatoms. The Hall–Kier alpha value is -2.28. The number of carbonyl (C=O) groups is 2. The molecule has 3 atom stereocenters. The van der Waals surface area contributed by atoms with Crippen LogP contribution < -0.4 is 20.3 Å². The van der Waals surface area contributed by atoms with Gasteiger partial charge in [0.2, 0.25) is 5.91 Å². The van der Waals surface area contributed by atoms with Crippen LogP contribution in [0.2, 0.25) is 0 Å². The second kappa shape index (κ2) is 9.96. The lowest BCUT2D eigenvalue weighted by Crippen LogP contribution is -2.53. The van der Waals surface area contributed by atoms with Gasteiger partial charge in [-0.15, -0.1) is 0 Å². The van der Waals surface area contributed by atoms with Crippen molar-refractivity contribution in [3.63, 3.8) is 0 Å². The Morgan fingerprint density at radius 3 is 2.55 bits per heavy atom. The third kappa shape index (κ3) is 5.63. The van der Waals surface area contributed by atoms with Crippen LogP contribution in [0.25, 0.3) is 0 Å². The van der Waals surface area contributed by atoms with E-state index in [1.165, 1.54) is 6.42 Å². The molecule has 3 amide bonds. The van der Waals surface area contributed by atoms with Crippen LogP contribution in [0.5, 0.6) is 5.75 Å². The average Bonchev–Trinajstić information content (AvgIpc) is 2.72. The number of methoxy groups -OCH3 is 1. The van der Waals surface area contributed by atoms with Crippen LogP contribution in [-0.4, -0.2) is 62.7 Å². The Kier molecular flexibility index (Phi) is 7.36. The number of carbonyl (C=O) groups excluding carboxylic acids is 2. The van der Waals surface area contributed by atoms with E-state index in [1.54, 1.807) is 7.11 Å². The summed E-state index contributed by atoms with van der Waals surface area (Å²) in [5, 5.41) is 5.50. The van der Waals surface area contributed by atoms with Gasteiger partial charge in [-0.3, -0.25) is 15.0 Å². The number of hydrogen-bond donors (Lipinski definition) is 2. The highest BCUT2D eigenvalue weighted by molar-refractivity contribution is 5.95. The number of rotatable bonds is 5. The molecule has 1 aromatic carbocycles. The molecule has 3 unspecified atom stereocenters. The van der Waals surface area contributed by atoms with Gasteiger partial charge in [0.05, 0.1) is 19.3 Å². The third-order valence-corrected chi connectivity index (χ3v) is 6.44. The molecule has 1 heterocycles. The van der Waals surface area contributed by atoms with Crippen LogP contribution in [0, 0.1) is 11.8 Å². The van der Waals surface area contributed by atoms with E-state index in [2.05, 4.69) is 40.3 Å². The fraction of sp³-hybridized carbons (Fsp3) is 0.636. The van der Waals surface area contributed by atoms with Crippen molar-refractivity contribution in [2.75, 3.05) is 44.7 Å². The summed E-state index contributed by atoms with van der Waals surface area (Å²) in [6, 6.07) is 7.76. The lowest BCUT2D eigenvalue weighted by atomic mass is 9.78. The van der Waals surface area contributed by atoms with Gasteiger partial charge in [0.25, 0.3) is 0 Å². The summed E-state index contributed by atoms with van der Waals surface area (Å²) >= 11 is 0. The van der Waals surface area contributed by atoms with E-state index in [-0.39, 0.29) is 24.5 Å². The van der Waals surface area contributed by atoms with Crippen molar-refractivity contribution in [1.82, 2.24) is 15.5 Å². The molecule has 0 bridgehead atoms. The van der Waals surface area contributed by atoms with Crippen molar-refractivity contribution in [2.24, 2.45) is 11.8 Å². The number of piperazine rings is 1. The van der Waals surface area contributed by atoms with E-state index in [4.69, 9.17) is 4.74 Å². The van der Waals surface area contributed by atoms with Gasteiger partial charge in [-0.25, -0.2) is 4.79 Å². The first kappa shape index (κ1) is 21.4. The molecule has 0 aromatic heterocycles. The molecular formula is C22H34N4O3. The van der Waals surface area contributed by atoms with Gasteiger partial charge < -0.3 is 15.0 Å². The molecule has 0 radical (unpaired) electrons. The van der Waals surface area contributed by atoms with Crippen LogP contribution >= 0.6 is 0 Å². The molecule has 160 valence electrons. The van der Waals surface area contributed by atoms with Gasteiger partial charge in [-0.2, -0.15) is 0 Å². The number of anilines is 1. The van der Waals surface area contributed by atoms with E-state index in [9.17, 15) is 9.59 Å². The fourth-order valence-corrected chi connectivity index (χ4v) is 4.40. The van der Waals surface area contributed by atoms with Crippen molar-refractivity contribution in [2.45, 2.75) is 39.2 Å². The Labute approximate surface area is 173 Å². The molecule has 1 aromatic rings. The number of nitrogens with zero attached hydrogens (tertiary/aromatic N) is 2. The number of amides is 3. The largest absolute Gasteiger partial charge is 0.495 e. The quantitative estimate of drug-likeness (QED) is 0.792. The summed E-state index contributed by atoms with van der Waals surface area (Å²) in [7, 11) is 1.68. The van der Waals surface area contributed by atoms with Gasteiger partial charge in [0.15, 0.2) is 0 Å². The van der Waals surface area contributed by atoms with Crippen LogP contribution in [-0.2, 0) is 4.79 Å². The van der Waals surface area contributed by atoms with Gasteiger partial charge in [0, 0.05) is 32.2 Å². The minimum absolute atomic E-state index is 0.149. The minimum Gasteiger partial charge on any atom is -0.495 e. The summed E-state index contributed by atoms with van der Waals surface area (Å²) in [4.78, 5) is 28.9. The van der Waals surface area contributed by atoms with Gasteiger partial charge in [-0.1, -0.05) is 38.8 Å². The average molecular weight is 403 g/mol. The maximum Gasteiger partial charge on any atom is 0.321 e. The van der Waals surface area contributed by atoms with Crippen LogP contribution in [0.1, 0.15) is 33.1 Å². The van der Waals surface area contributed by atoms with Crippen molar-refractivity contribution in [1.29, 1.82) is 0 Å². The van der Waals surface area contributed by atoms with E-state index in [0.29, 0.717) is 11.8 Å². The van der Waals surface area contributed by atoms with Crippen molar-refractivity contribution in [3.8, 4) is 5.75 Å². The number of urea groups is 1. The maximum absolute atomic E-state index is 12.3. The summed E-state index contributed by atoms with van der Waals surface area (Å²) in [6.07, 6.45) is 3.32. The molecule has 2 N–H and O–H groups in total. The molecular weight excluding hydrogens is 368 g/mol. The molecule has 7 nitrogen and oxygen atoms in total. The second-order valence-corrected chi connectivity index (χ2v) is 8.33. The number of hydrogen-bond acceptors (Lipinski definition) is 5. The van der Waals surface area contributed by atoms with E-state index in [1.807, 2.05) is 18.2 Å². The lowest BCUT2D eigenvalue weighted by Gasteiger charge is -2.36. The van der Waals surface area contributed by atoms with E-state index in [0.717, 1.165) is 50.5 Å². The van der Waals surface area contributed by atoms with Crippen LogP contribution in [0.15, 0.2) is 24.3 Å². The number of para-hydroxylation sites is 2. The molecule has 1 saturated carbocycles. The summed E-state index contributed by atoms with van der Waals surface area (Å²) in [5.74, 6) is 1.66. The first-order valence-corrected chi connectivity index (χ1v) is 10.7. The lowest BCUT2D eigenvalue weighted by molar-refractivity contribution is -0.121. The number of ether oxygens (including phenoxy) is 1. The predicted molar refractivity (Wildman–Crippen MR) is 114 cm³/mol. The molecule has 0 spiro atoms. The molecule has 3 rings (SSSR count). The van der Waals surface area contributed by atoms with Crippen LogP contribution in [0.4, 0.5) is 10.5 Å². The summed E-state index contributed by atoms with van der Waals surface area (Å²) in [6.45, 7) is 7.82. The van der Waals surface area contributed by atoms with Gasteiger partial charge in [0.1, 0.15) is 5.75 Å². The SMILES string of the molecule is COc1ccccc1N1CCN(CC(=O)NC(=O)NC2CCCC(C)C2C)CC1. The van der Waals surface area contributed by atoms with Gasteiger partial charge >= 0.3 is 6.03 Å². The molecule has 1 aliphatic carbocycles. The number of benzene rings is 1.